The molecule has 0 radical (unpaired) electrons. The zero-order chi connectivity index (χ0) is 14.5. The van der Waals surface area contributed by atoms with Gasteiger partial charge < -0.3 is 10.1 Å². The largest absolute Gasteiger partial charge is 0.377 e. The van der Waals surface area contributed by atoms with Crippen molar-refractivity contribution in [3.63, 3.8) is 0 Å². The average molecular weight is 308 g/mol. The van der Waals surface area contributed by atoms with Gasteiger partial charge >= 0.3 is 0 Å². The van der Waals surface area contributed by atoms with Gasteiger partial charge in [0.2, 0.25) is 0 Å². The van der Waals surface area contributed by atoms with E-state index in [9.17, 15) is 0 Å². The molecule has 2 aliphatic carbocycles. The van der Waals surface area contributed by atoms with Crippen molar-refractivity contribution in [1.29, 1.82) is 0 Å². The minimum absolute atomic E-state index is 0.446. The predicted octanol–water partition coefficient (Wildman–Crippen LogP) is 4.40. The lowest BCUT2D eigenvalue weighted by atomic mass is 9.57. The Hall–Kier alpha value is -0.380. The summed E-state index contributed by atoms with van der Waals surface area (Å²) in [6.45, 7) is 4.22. The maximum absolute atomic E-state index is 6.34. The molecule has 2 aliphatic rings. The minimum Gasteiger partial charge on any atom is -0.377 e. The standard InChI is InChI=1S/C18H29NOS/c1-2-19-16-14-17(18(16)10-5-3-4-6-11-18)20-12-9-15-8-7-13-21-15/h7-8,13,16-17,19H,2-6,9-12,14H2,1H3. The van der Waals surface area contributed by atoms with Gasteiger partial charge in [0.15, 0.2) is 0 Å². The molecule has 2 fully saturated rings. The van der Waals surface area contributed by atoms with E-state index in [1.807, 2.05) is 11.3 Å². The first-order valence-corrected chi connectivity index (χ1v) is 9.60. The van der Waals surface area contributed by atoms with E-state index in [0.717, 1.165) is 19.6 Å². The smallest absolute Gasteiger partial charge is 0.0661 e. The van der Waals surface area contributed by atoms with Crippen LogP contribution in [-0.4, -0.2) is 25.3 Å². The summed E-state index contributed by atoms with van der Waals surface area (Å²) in [7, 11) is 0. The summed E-state index contributed by atoms with van der Waals surface area (Å²) in [6.07, 6.45) is 11.2. The molecular formula is C18H29NOS. The Labute approximate surface area is 133 Å². The first kappa shape index (κ1) is 15.5. The van der Waals surface area contributed by atoms with Crippen LogP contribution in [-0.2, 0) is 11.2 Å². The summed E-state index contributed by atoms with van der Waals surface area (Å²) in [6, 6.07) is 5.06. The number of hydrogen-bond donors (Lipinski definition) is 1. The SMILES string of the molecule is CCNC1CC(OCCc2cccs2)C12CCCCCC2. The van der Waals surface area contributed by atoms with Gasteiger partial charge in [0, 0.05) is 22.8 Å². The van der Waals surface area contributed by atoms with Crippen molar-refractivity contribution >= 4 is 11.3 Å². The highest BCUT2D eigenvalue weighted by molar-refractivity contribution is 7.09. The van der Waals surface area contributed by atoms with Gasteiger partial charge in [-0.1, -0.05) is 38.7 Å². The van der Waals surface area contributed by atoms with E-state index in [0.29, 0.717) is 17.6 Å². The molecule has 1 spiro atoms. The molecule has 2 unspecified atom stereocenters. The lowest BCUT2D eigenvalue weighted by Gasteiger charge is -2.56. The maximum Gasteiger partial charge on any atom is 0.0661 e. The van der Waals surface area contributed by atoms with Crippen molar-refractivity contribution in [2.24, 2.45) is 5.41 Å². The van der Waals surface area contributed by atoms with Crippen LogP contribution in [0, 0.1) is 5.41 Å². The fraction of sp³-hybridized carbons (Fsp3) is 0.778. The number of rotatable bonds is 6. The Morgan fingerprint density at radius 2 is 2.10 bits per heavy atom. The summed E-state index contributed by atoms with van der Waals surface area (Å²) in [5.41, 5.74) is 0.446. The van der Waals surface area contributed by atoms with E-state index < -0.39 is 0 Å². The second kappa shape index (κ2) is 7.26. The van der Waals surface area contributed by atoms with Crippen LogP contribution in [0.3, 0.4) is 0 Å². The normalized spacial score (nSPS) is 28.2. The summed E-state index contributed by atoms with van der Waals surface area (Å²) in [5, 5.41) is 5.89. The van der Waals surface area contributed by atoms with Gasteiger partial charge in [-0.15, -0.1) is 11.3 Å². The minimum atomic E-state index is 0.446. The molecule has 3 rings (SSSR count). The number of ether oxygens (including phenoxy) is 1. The number of thiophene rings is 1. The fourth-order valence-electron chi connectivity index (χ4n) is 4.33. The topological polar surface area (TPSA) is 21.3 Å². The Morgan fingerprint density at radius 3 is 2.76 bits per heavy atom. The lowest BCUT2D eigenvalue weighted by molar-refractivity contribution is -0.142. The molecule has 2 nitrogen and oxygen atoms in total. The number of hydrogen-bond acceptors (Lipinski definition) is 3. The highest BCUT2D eigenvalue weighted by Gasteiger charge is 2.54. The predicted molar refractivity (Wildman–Crippen MR) is 90.0 cm³/mol. The number of nitrogens with one attached hydrogen (secondary N) is 1. The second-order valence-electron chi connectivity index (χ2n) is 6.68. The van der Waals surface area contributed by atoms with E-state index >= 15 is 0 Å². The van der Waals surface area contributed by atoms with Crippen LogP contribution in [0.2, 0.25) is 0 Å². The van der Waals surface area contributed by atoms with Crippen molar-refractivity contribution in [2.45, 2.75) is 70.4 Å². The van der Waals surface area contributed by atoms with Crippen molar-refractivity contribution in [3.05, 3.63) is 22.4 Å². The molecular weight excluding hydrogens is 278 g/mol. The highest BCUT2D eigenvalue weighted by Crippen LogP contribution is 2.52. The van der Waals surface area contributed by atoms with Gasteiger partial charge in [0.1, 0.15) is 0 Å². The van der Waals surface area contributed by atoms with E-state index in [4.69, 9.17) is 4.74 Å². The maximum atomic E-state index is 6.34. The highest BCUT2D eigenvalue weighted by atomic mass is 32.1. The van der Waals surface area contributed by atoms with Gasteiger partial charge in [0.05, 0.1) is 12.7 Å². The van der Waals surface area contributed by atoms with Crippen LogP contribution in [0.5, 0.6) is 0 Å². The molecule has 0 aliphatic heterocycles. The molecule has 118 valence electrons. The fourth-order valence-corrected chi connectivity index (χ4v) is 5.02. The van der Waals surface area contributed by atoms with E-state index in [2.05, 4.69) is 29.8 Å². The van der Waals surface area contributed by atoms with Crippen LogP contribution in [0.15, 0.2) is 17.5 Å². The molecule has 0 amide bonds. The van der Waals surface area contributed by atoms with Gasteiger partial charge in [0.25, 0.3) is 0 Å². The van der Waals surface area contributed by atoms with Gasteiger partial charge in [-0.25, -0.2) is 0 Å². The van der Waals surface area contributed by atoms with Crippen molar-refractivity contribution in [3.8, 4) is 0 Å². The third-order valence-corrected chi connectivity index (χ3v) is 6.45. The molecule has 21 heavy (non-hydrogen) atoms. The van der Waals surface area contributed by atoms with Gasteiger partial charge in [-0.3, -0.25) is 0 Å². The summed E-state index contributed by atoms with van der Waals surface area (Å²) < 4.78 is 6.34. The van der Waals surface area contributed by atoms with E-state index in [1.165, 1.54) is 49.8 Å². The Bertz CT molecular complexity index is 409. The lowest BCUT2D eigenvalue weighted by Crippen LogP contribution is -2.63. The van der Waals surface area contributed by atoms with Crippen LogP contribution >= 0.6 is 11.3 Å². The summed E-state index contributed by atoms with van der Waals surface area (Å²) in [4.78, 5) is 1.45. The van der Waals surface area contributed by atoms with Crippen molar-refractivity contribution in [2.75, 3.05) is 13.2 Å². The molecule has 2 atom stereocenters. The average Bonchev–Trinajstić information content (AvgIpc) is 2.86. The van der Waals surface area contributed by atoms with Crippen LogP contribution in [0.25, 0.3) is 0 Å². The summed E-state index contributed by atoms with van der Waals surface area (Å²) in [5.74, 6) is 0. The monoisotopic (exact) mass is 307 g/mol. The molecule has 2 saturated carbocycles. The van der Waals surface area contributed by atoms with Crippen molar-refractivity contribution < 1.29 is 4.74 Å². The Morgan fingerprint density at radius 1 is 1.29 bits per heavy atom. The van der Waals surface area contributed by atoms with Gasteiger partial charge in [-0.05, 0) is 37.3 Å². The second-order valence-corrected chi connectivity index (χ2v) is 7.71. The summed E-state index contributed by atoms with van der Waals surface area (Å²) >= 11 is 1.85. The van der Waals surface area contributed by atoms with Gasteiger partial charge in [-0.2, -0.15) is 0 Å². The van der Waals surface area contributed by atoms with Crippen LogP contribution < -0.4 is 5.32 Å². The molecule has 0 saturated heterocycles. The molecule has 1 heterocycles. The molecule has 3 heteroatoms. The zero-order valence-electron chi connectivity index (χ0n) is 13.3. The van der Waals surface area contributed by atoms with E-state index in [1.54, 1.807) is 0 Å². The molecule has 0 aromatic carbocycles. The van der Waals surface area contributed by atoms with E-state index in [-0.39, 0.29) is 0 Å². The third kappa shape index (κ3) is 3.35. The Kier molecular flexibility index (Phi) is 5.36. The van der Waals surface area contributed by atoms with Crippen molar-refractivity contribution in [1.82, 2.24) is 5.32 Å². The Balaban J connectivity index is 1.56. The molecule has 1 aromatic rings. The molecule has 1 N–H and O–H groups in total. The zero-order valence-corrected chi connectivity index (χ0v) is 14.1. The quantitative estimate of drug-likeness (QED) is 0.841. The van der Waals surface area contributed by atoms with Crippen LogP contribution in [0.4, 0.5) is 0 Å². The molecule has 1 aromatic heterocycles. The third-order valence-electron chi connectivity index (χ3n) is 5.52. The molecule has 0 bridgehead atoms. The first-order valence-electron chi connectivity index (χ1n) is 8.72. The van der Waals surface area contributed by atoms with Crippen LogP contribution in [0.1, 0.15) is 56.7 Å². The first-order chi connectivity index (χ1) is 10.3.